The first-order chi connectivity index (χ1) is 8.34. The Morgan fingerprint density at radius 2 is 2.11 bits per heavy atom. The van der Waals surface area contributed by atoms with Crippen LogP contribution in [0, 0.1) is 0 Å². The van der Waals surface area contributed by atoms with E-state index in [-0.39, 0.29) is 17.9 Å². The van der Waals surface area contributed by atoms with E-state index < -0.39 is 0 Å². The zero-order valence-electron chi connectivity index (χ0n) is 11.0. The fourth-order valence-corrected chi connectivity index (χ4v) is 1.60. The van der Waals surface area contributed by atoms with Crippen molar-refractivity contribution in [3.63, 3.8) is 0 Å². The van der Waals surface area contributed by atoms with Crippen LogP contribution in [0.25, 0.3) is 0 Å². The number of nitrogens with one attached hydrogen (secondary N) is 1. The zero-order chi connectivity index (χ0) is 13.8. The van der Waals surface area contributed by atoms with Crippen molar-refractivity contribution in [2.24, 2.45) is 0 Å². The quantitative estimate of drug-likeness (QED) is 0.651. The molecule has 1 rings (SSSR count). The van der Waals surface area contributed by atoms with Gasteiger partial charge in [-0.15, -0.1) is 0 Å². The molecule has 0 aliphatic rings. The van der Waals surface area contributed by atoms with Gasteiger partial charge in [-0.05, 0) is 18.6 Å². The lowest BCUT2D eigenvalue weighted by Crippen LogP contribution is -2.26. The molecule has 1 aromatic heterocycles. The predicted octanol–water partition coefficient (Wildman–Crippen LogP) is 2.14. The molecule has 1 heterocycles. The molecule has 0 spiro atoms. The van der Waals surface area contributed by atoms with Crippen molar-refractivity contribution in [2.75, 3.05) is 13.2 Å². The number of carbonyl (C=O) groups is 1. The third-order valence-electron chi connectivity index (χ3n) is 2.45. The van der Waals surface area contributed by atoms with Gasteiger partial charge in [0.15, 0.2) is 0 Å². The van der Waals surface area contributed by atoms with Crippen LogP contribution in [0.4, 0.5) is 0 Å². The number of nitrogens with zero attached hydrogens (tertiary/aromatic N) is 1. The first-order valence-corrected chi connectivity index (χ1v) is 6.29. The number of halogens is 1. The van der Waals surface area contributed by atoms with Gasteiger partial charge in [0.25, 0.3) is 5.91 Å². The van der Waals surface area contributed by atoms with Crippen LogP contribution in [-0.4, -0.2) is 29.1 Å². The molecular weight excluding hydrogens is 252 g/mol. The second kappa shape index (κ2) is 6.16. The van der Waals surface area contributed by atoms with E-state index in [0.29, 0.717) is 23.7 Å². The average Bonchev–Trinajstić information content (AvgIpc) is 2.27. The van der Waals surface area contributed by atoms with Crippen molar-refractivity contribution in [1.82, 2.24) is 10.3 Å². The highest BCUT2D eigenvalue weighted by molar-refractivity contribution is 6.29. The van der Waals surface area contributed by atoms with Gasteiger partial charge in [-0.1, -0.05) is 32.4 Å². The fraction of sp³-hybridized carbons (Fsp3) is 0.538. The van der Waals surface area contributed by atoms with Crippen LogP contribution in [0.1, 0.15) is 43.2 Å². The van der Waals surface area contributed by atoms with E-state index in [4.69, 9.17) is 16.7 Å². The number of aliphatic hydroxyl groups excluding tert-OH is 1. The second-order valence-electron chi connectivity index (χ2n) is 5.15. The number of aliphatic hydroxyl groups is 1. The van der Waals surface area contributed by atoms with Crippen LogP contribution >= 0.6 is 11.6 Å². The molecule has 0 saturated heterocycles. The van der Waals surface area contributed by atoms with Crippen molar-refractivity contribution < 1.29 is 9.90 Å². The fourth-order valence-electron chi connectivity index (χ4n) is 1.40. The molecule has 0 bridgehead atoms. The predicted molar refractivity (Wildman–Crippen MR) is 72.0 cm³/mol. The Morgan fingerprint density at radius 3 is 2.67 bits per heavy atom. The Bertz CT molecular complexity index is 427. The number of pyridine rings is 1. The van der Waals surface area contributed by atoms with Gasteiger partial charge < -0.3 is 10.4 Å². The van der Waals surface area contributed by atoms with Gasteiger partial charge in [-0.3, -0.25) is 4.79 Å². The summed E-state index contributed by atoms with van der Waals surface area (Å²) in [6.45, 7) is 6.54. The molecule has 0 saturated carbocycles. The minimum Gasteiger partial charge on any atom is -0.396 e. The van der Waals surface area contributed by atoms with E-state index in [2.05, 4.69) is 10.3 Å². The third kappa shape index (κ3) is 4.27. The van der Waals surface area contributed by atoms with Crippen LogP contribution in [0.3, 0.4) is 0 Å². The SMILES string of the molecule is CC(C)(C)c1cc(C(=O)NCCCO)cc(Cl)n1. The maximum absolute atomic E-state index is 11.9. The molecule has 0 aliphatic carbocycles. The first kappa shape index (κ1) is 14.9. The van der Waals surface area contributed by atoms with E-state index in [0.717, 1.165) is 5.69 Å². The molecule has 18 heavy (non-hydrogen) atoms. The van der Waals surface area contributed by atoms with Gasteiger partial charge in [-0.2, -0.15) is 0 Å². The standard InChI is InChI=1S/C13H19ClN2O2/c1-13(2,3)10-7-9(8-11(14)16-10)12(18)15-5-4-6-17/h7-8,17H,4-6H2,1-3H3,(H,15,18). The lowest BCUT2D eigenvalue weighted by Gasteiger charge is -2.18. The zero-order valence-corrected chi connectivity index (χ0v) is 11.7. The summed E-state index contributed by atoms with van der Waals surface area (Å²) in [7, 11) is 0. The van der Waals surface area contributed by atoms with E-state index in [1.165, 1.54) is 0 Å². The molecule has 0 radical (unpaired) electrons. The Balaban J connectivity index is 2.89. The summed E-state index contributed by atoms with van der Waals surface area (Å²) in [5.41, 5.74) is 1.12. The summed E-state index contributed by atoms with van der Waals surface area (Å²) in [5.74, 6) is -0.196. The van der Waals surface area contributed by atoms with E-state index in [9.17, 15) is 4.79 Å². The van der Waals surface area contributed by atoms with Gasteiger partial charge in [0, 0.05) is 29.8 Å². The Labute approximate surface area is 112 Å². The summed E-state index contributed by atoms with van der Waals surface area (Å²) in [4.78, 5) is 16.1. The summed E-state index contributed by atoms with van der Waals surface area (Å²) >= 11 is 5.93. The first-order valence-electron chi connectivity index (χ1n) is 5.91. The summed E-state index contributed by atoms with van der Waals surface area (Å²) < 4.78 is 0. The number of hydrogen-bond donors (Lipinski definition) is 2. The molecule has 0 atom stereocenters. The van der Waals surface area contributed by atoms with Gasteiger partial charge >= 0.3 is 0 Å². The van der Waals surface area contributed by atoms with Gasteiger partial charge in [0.05, 0.1) is 0 Å². The van der Waals surface area contributed by atoms with E-state index in [1.807, 2.05) is 20.8 Å². The highest BCUT2D eigenvalue weighted by Gasteiger charge is 2.18. The maximum Gasteiger partial charge on any atom is 0.251 e. The molecule has 4 nitrogen and oxygen atoms in total. The molecule has 0 aromatic carbocycles. The summed E-state index contributed by atoms with van der Waals surface area (Å²) in [6.07, 6.45) is 0.538. The minimum atomic E-state index is -0.196. The number of aromatic nitrogens is 1. The van der Waals surface area contributed by atoms with Crippen molar-refractivity contribution in [1.29, 1.82) is 0 Å². The van der Waals surface area contributed by atoms with Crippen LogP contribution in [0.15, 0.2) is 12.1 Å². The van der Waals surface area contributed by atoms with Gasteiger partial charge in [-0.25, -0.2) is 4.98 Å². The average molecular weight is 271 g/mol. The molecule has 1 aromatic rings. The minimum absolute atomic E-state index is 0.0601. The lowest BCUT2D eigenvalue weighted by molar-refractivity contribution is 0.0951. The lowest BCUT2D eigenvalue weighted by atomic mass is 9.91. The van der Waals surface area contributed by atoms with Crippen molar-refractivity contribution in [2.45, 2.75) is 32.6 Å². The van der Waals surface area contributed by atoms with Crippen LogP contribution in [0.5, 0.6) is 0 Å². The highest BCUT2D eigenvalue weighted by atomic mass is 35.5. The van der Waals surface area contributed by atoms with E-state index in [1.54, 1.807) is 12.1 Å². The topological polar surface area (TPSA) is 62.2 Å². The number of rotatable bonds is 4. The number of hydrogen-bond acceptors (Lipinski definition) is 3. The largest absolute Gasteiger partial charge is 0.396 e. The molecule has 100 valence electrons. The molecule has 0 unspecified atom stereocenters. The van der Waals surface area contributed by atoms with Crippen molar-refractivity contribution in [3.05, 3.63) is 28.5 Å². The number of amides is 1. The second-order valence-corrected chi connectivity index (χ2v) is 5.53. The van der Waals surface area contributed by atoms with Crippen LogP contribution in [-0.2, 0) is 5.41 Å². The summed E-state index contributed by atoms with van der Waals surface area (Å²) in [5, 5.41) is 11.7. The number of carbonyl (C=O) groups excluding carboxylic acids is 1. The van der Waals surface area contributed by atoms with Crippen LogP contribution < -0.4 is 5.32 Å². The molecular formula is C13H19ClN2O2. The van der Waals surface area contributed by atoms with Gasteiger partial charge in [0.2, 0.25) is 0 Å². The molecule has 0 fully saturated rings. The molecule has 0 aliphatic heterocycles. The molecule has 5 heteroatoms. The van der Waals surface area contributed by atoms with Gasteiger partial charge in [0.1, 0.15) is 5.15 Å². The third-order valence-corrected chi connectivity index (χ3v) is 2.64. The Morgan fingerprint density at radius 1 is 1.44 bits per heavy atom. The monoisotopic (exact) mass is 270 g/mol. The Hall–Kier alpha value is -1.13. The van der Waals surface area contributed by atoms with Crippen molar-refractivity contribution >= 4 is 17.5 Å². The van der Waals surface area contributed by atoms with Crippen LogP contribution in [0.2, 0.25) is 5.15 Å². The maximum atomic E-state index is 11.9. The highest BCUT2D eigenvalue weighted by Crippen LogP contribution is 2.23. The molecule has 2 N–H and O–H groups in total. The molecule has 1 amide bonds. The summed E-state index contributed by atoms with van der Waals surface area (Å²) in [6, 6.07) is 3.30. The van der Waals surface area contributed by atoms with E-state index >= 15 is 0 Å². The Kier molecular flexibility index (Phi) is 5.11. The normalized spacial score (nSPS) is 11.4. The van der Waals surface area contributed by atoms with Crippen molar-refractivity contribution in [3.8, 4) is 0 Å². The smallest absolute Gasteiger partial charge is 0.251 e.